The molecule has 2 heterocycles. The molecule has 4 nitrogen and oxygen atoms in total. The fraction of sp³-hybridized carbons (Fsp3) is 0.692. The summed E-state index contributed by atoms with van der Waals surface area (Å²) in [6.45, 7) is 3.78. The number of anilines is 1. The summed E-state index contributed by atoms with van der Waals surface area (Å²) in [6.07, 6.45) is 4.27. The number of halogens is 1. The predicted molar refractivity (Wildman–Crippen MR) is 76.1 cm³/mol. The van der Waals surface area contributed by atoms with Crippen molar-refractivity contribution in [1.29, 1.82) is 0 Å². The van der Waals surface area contributed by atoms with E-state index in [0.29, 0.717) is 5.92 Å². The van der Waals surface area contributed by atoms with Gasteiger partial charge >= 0.3 is 0 Å². The zero-order valence-corrected chi connectivity index (χ0v) is 12.6. The minimum absolute atomic E-state index is 0.342. The average molecular weight is 314 g/mol. The number of aryl methyl sites for hydroxylation is 1. The van der Waals surface area contributed by atoms with Crippen molar-refractivity contribution in [2.24, 2.45) is 0 Å². The second-order valence-electron chi connectivity index (χ2n) is 4.61. The van der Waals surface area contributed by atoms with Crippen LogP contribution in [0.15, 0.2) is 4.47 Å². The standard InChI is InChI=1S/C13H20BrN3O/c1-3-5-10-11(14)13(15-2)17-12(16-10)9-6-4-7-18-8-9/h9H,3-8H2,1-2H3,(H,15,16,17). The fourth-order valence-corrected chi connectivity index (χ4v) is 2.78. The fourth-order valence-electron chi connectivity index (χ4n) is 2.21. The van der Waals surface area contributed by atoms with Gasteiger partial charge in [0.25, 0.3) is 0 Å². The lowest BCUT2D eigenvalue weighted by Gasteiger charge is -2.22. The number of nitrogens with zero attached hydrogens (tertiary/aromatic N) is 2. The maximum atomic E-state index is 5.53. The van der Waals surface area contributed by atoms with Gasteiger partial charge in [-0.3, -0.25) is 0 Å². The second kappa shape index (κ2) is 6.48. The van der Waals surface area contributed by atoms with Crippen molar-refractivity contribution >= 4 is 21.7 Å². The minimum Gasteiger partial charge on any atom is -0.381 e. The van der Waals surface area contributed by atoms with Crippen LogP contribution in [-0.2, 0) is 11.2 Å². The molecule has 1 aliphatic heterocycles. The van der Waals surface area contributed by atoms with Crippen LogP contribution in [0.1, 0.15) is 43.6 Å². The Balaban J connectivity index is 2.31. The lowest BCUT2D eigenvalue weighted by Crippen LogP contribution is -2.19. The Hall–Kier alpha value is -0.680. The van der Waals surface area contributed by atoms with Crippen LogP contribution in [0.2, 0.25) is 0 Å². The van der Waals surface area contributed by atoms with Crippen molar-refractivity contribution in [3.05, 3.63) is 16.0 Å². The van der Waals surface area contributed by atoms with E-state index < -0.39 is 0 Å². The van der Waals surface area contributed by atoms with Crippen LogP contribution < -0.4 is 5.32 Å². The Morgan fingerprint density at radius 2 is 2.28 bits per heavy atom. The van der Waals surface area contributed by atoms with E-state index in [1.165, 1.54) is 0 Å². The van der Waals surface area contributed by atoms with E-state index in [0.717, 1.165) is 60.7 Å². The van der Waals surface area contributed by atoms with E-state index in [-0.39, 0.29) is 0 Å². The molecule has 0 saturated carbocycles. The molecule has 1 unspecified atom stereocenters. The Morgan fingerprint density at radius 3 is 2.89 bits per heavy atom. The minimum atomic E-state index is 0.342. The van der Waals surface area contributed by atoms with Gasteiger partial charge in [0.1, 0.15) is 11.6 Å². The monoisotopic (exact) mass is 313 g/mol. The molecule has 0 bridgehead atoms. The number of rotatable bonds is 4. The van der Waals surface area contributed by atoms with Crippen molar-refractivity contribution in [3.8, 4) is 0 Å². The van der Waals surface area contributed by atoms with E-state index in [2.05, 4.69) is 33.2 Å². The van der Waals surface area contributed by atoms with Gasteiger partial charge in [-0.25, -0.2) is 9.97 Å². The first-order valence-corrected chi connectivity index (χ1v) is 7.37. The normalized spacial score (nSPS) is 19.8. The van der Waals surface area contributed by atoms with Crippen molar-refractivity contribution in [2.75, 3.05) is 25.6 Å². The summed E-state index contributed by atoms with van der Waals surface area (Å²) in [5, 5.41) is 3.13. The summed E-state index contributed by atoms with van der Waals surface area (Å²) < 4.78 is 6.52. The molecule has 1 atom stereocenters. The zero-order valence-electron chi connectivity index (χ0n) is 11.0. The first-order valence-electron chi connectivity index (χ1n) is 6.58. The molecule has 18 heavy (non-hydrogen) atoms. The van der Waals surface area contributed by atoms with Gasteiger partial charge in [0.2, 0.25) is 0 Å². The van der Waals surface area contributed by atoms with Crippen LogP contribution in [0.25, 0.3) is 0 Å². The molecule has 1 fully saturated rings. The van der Waals surface area contributed by atoms with Gasteiger partial charge < -0.3 is 10.1 Å². The third-order valence-corrected chi connectivity index (χ3v) is 4.02. The molecule has 5 heteroatoms. The van der Waals surface area contributed by atoms with E-state index in [1.54, 1.807) is 0 Å². The quantitative estimate of drug-likeness (QED) is 0.927. The largest absolute Gasteiger partial charge is 0.381 e. The molecule has 0 spiro atoms. The Bertz CT molecular complexity index is 405. The molecule has 1 aliphatic rings. The van der Waals surface area contributed by atoms with Crippen molar-refractivity contribution in [1.82, 2.24) is 9.97 Å². The number of aromatic nitrogens is 2. The predicted octanol–water partition coefficient (Wildman–Crippen LogP) is 3.13. The summed E-state index contributed by atoms with van der Waals surface area (Å²) in [6, 6.07) is 0. The molecular formula is C13H20BrN3O. The van der Waals surface area contributed by atoms with Gasteiger partial charge in [0.05, 0.1) is 16.8 Å². The maximum Gasteiger partial charge on any atom is 0.144 e. The highest BCUT2D eigenvalue weighted by Crippen LogP contribution is 2.29. The first kappa shape index (κ1) is 13.7. The van der Waals surface area contributed by atoms with Crippen LogP contribution in [-0.4, -0.2) is 30.2 Å². The number of hydrogen-bond acceptors (Lipinski definition) is 4. The van der Waals surface area contributed by atoms with Crippen LogP contribution in [0.3, 0.4) is 0 Å². The van der Waals surface area contributed by atoms with Crippen molar-refractivity contribution < 1.29 is 4.74 Å². The lowest BCUT2D eigenvalue weighted by atomic mass is 10.0. The number of ether oxygens (including phenoxy) is 1. The molecular weight excluding hydrogens is 294 g/mol. The van der Waals surface area contributed by atoms with Gasteiger partial charge in [-0.05, 0) is 35.2 Å². The van der Waals surface area contributed by atoms with Crippen LogP contribution >= 0.6 is 15.9 Å². The smallest absolute Gasteiger partial charge is 0.144 e. The summed E-state index contributed by atoms with van der Waals surface area (Å²) >= 11 is 3.58. The van der Waals surface area contributed by atoms with E-state index >= 15 is 0 Å². The van der Waals surface area contributed by atoms with E-state index in [4.69, 9.17) is 9.72 Å². The third-order valence-electron chi connectivity index (χ3n) is 3.19. The summed E-state index contributed by atoms with van der Waals surface area (Å²) in [4.78, 5) is 9.32. The van der Waals surface area contributed by atoms with Crippen LogP contribution in [0.5, 0.6) is 0 Å². The average Bonchev–Trinajstić information content (AvgIpc) is 2.42. The highest BCUT2D eigenvalue weighted by molar-refractivity contribution is 9.10. The third kappa shape index (κ3) is 3.01. The molecule has 1 aromatic heterocycles. The molecule has 0 aliphatic carbocycles. The van der Waals surface area contributed by atoms with Gasteiger partial charge in [-0.2, -0.15) is 0 Å². The van der Waals surface area contributed by atoms with E-state index in [9.17, 15) is 0 Å². The summed E-state index contributed by atoms with van der Waals surface area (Å²) in [7, 11) is 1.89. The molecule has 1 N–H and O–H groups in total. The second-order valence-corrected chi connectivity index (χ2v) is 5.40. The molecule has 0 radical (unpaired) electrons. The van der Waals surface area contributed by atoms with Gasteiger partial charge in [0.15, 0.2) is 0 Å². The Labute approximate surface area is 117 Å². The first-order chi connectivity index (χ1) is 8.76. The summed E-state index contributed by atoms with van der Waals surface area (Å²) in [5.74, 6) is 2.15. The number of hydrogen-bond donors (Lipinski definition) is 1. The molecule has 100 valence electrons. The van der Waals surface area contributed by atoms with E-state index in [1.807, 2.05) is 7.05 Å². The molecule has 0 amide bonds. The molecule has 0 aromatic carbocycles. The van der Waals surface area contributed by atoms with Crippen molar-refractivity contribution in [2.45, 2.75) is 38.5 Å². The molecule has 1 saturated heterocycles. The Kier molecular flexibility index (Phi) is 4.95. The van der Waals surface area contributed by atoms with Crippen LogP contribution in [0, 0.1) is 0 Å². The van der Waals surface area contributed by atoms with Crippen molar-refractivity contribution in [3.63, 3.8) is 0 Å². The zero-order chi connectivity index (χ0) is 13.0. The number of nitrogens with one attached hydrogen (secondary N) is 1. The maximum absolute atomic E-state index is 5.53. The van der Waals surface area contributed by atoms with Gasteiger partial charge in [-0.15, -0.1) is 0 Å². The lowest BCUT2D eigenvalue weighted by molar-refractivity contribution is 0.0780. The van der Waals surface area contributed by atoms with Crippen LogP contribution in [0.4, 0.5) is 5.82 Å². The summed E-state index contributed by atoms with van der Waals surface area (Å²) in [5.41, 5.74) is 1.09. The van der Waals surface area contributed by atoms with Gasteiger partial charge in [0, 0.05) is 19.6 Å². The highest BCUT2D eigenvalue weighted by atomic mass is 79.9. The Morgan fingerprint density at radius 1 is 1.44 bits per heavy atom. The van der Waals surface area contributed by atoms with Gasteiger partial charge in [-0.1, -0.05) is 13.3 Å². The topological polar surface area (TPSA) is 47.0 Å². The molecule has 1 aromatic rings. The highest BCUT2D eigenvalue weighted by Gasteiger charge is 2.21. The SMILES string of the molecule is CCCc1nc(C2CCCOC2)nc(NC)c1Br. The molecule has 2 rings (SSSR count).